The number of nitrogens with one attached hydrogen (secondary N) is 2. The molecule has 0 heterocycles. The summed E-state index contributed by atoms with van der Waals surface area (Å²) in [7, 11) is 0. The van der Waals surface area contributed by atoms with Gasteiger partial charge < -0.3 is 20.8 Å². The minimum atomic E-state index is -1.29. The van der Waals surface area contributed by atoms with Crippen LogP contribution in [0.15, 0.2) is 24.3 Å². The van der Waals surface area contributed by atoms with Crippen LogP contribution in [0.1, 0.15) is 44.1 Å². The minimum absolute atomic E-state index is 0.123. The van der Waals surface area contributed by atoms with Crippen LogP contribution in [0.25, 0.3) is 0 Å². The summed E-state index contributed by atoms with van der Waals surface area (Å²) in [6.45, 7) is 0.236. The molecular weight excluding hydrogens is 479 g/mol. The standard InChI is InChI=1S/C19H25IN2O6/c20-14-8-6-13(7-9-14)3-1-4-15(23)5-2-12-21-19(28)22-16(18(26)27)10-11-17(24)25/h6-9,16H,1-5,10-12H2,(H,24,25)(H,26,27)(H2,21,22,28)/t16-/m0/s1. The largest absolute Gasteiger partial charge is 0.481 e. The molecule has 0 spiro atoms. The topological polar surface area (TPSA) is 133 Å². The second-order valence-corrected chi connectivity index (χ2v) is 7.59. The molecule has 0 saturated carbocycles. The Morgan fingerprint density at radius 1 is 0.964 bits per heavy atom. The van der Waals surface area contributed by atoms with E-state index >= 15 is 0 Å². The number of amides is 2. The number of carbonyl (C=O) groups excluding carboxylic acids is 2. The molecule has 0 unspecified atom stereocenters. The van der Waals surface area contributed by atoms with Crippen LogP contribution >= 0.6 is 22.6 Å². The molecule has 0 fully saturated rings. The number of halogens is 1. The van der Waals surface area contributed by atoms with Crippen LogP contribution in [0.3, 0.4) is 0 Å². The molecule has 0 radical (unpaired) electrons. The molecule has 0 bridgehead atoms. The van der Waals surface area contributed by atoms with Gasteiger partial charge in [-0.15, -0.1) is 0 Å². The lowest BCUT2D eigenvalue weighted by atomic mass is 10.0. The summed E-state index contributed by atoms with van der Waals surface area (Å²) in [5.41, 5.74) is 1.20. The molecule has 0 saturated heterocycles. The Morgan fingerprint density at radius 3 is 2.21 bits per heavy atom. The molecule has 0 aromatic heterocycles. The van der Waals surface area contributed by atoms with Crippen molar-refractivity contribution in [2.75, 3.05) is 6.54 Å². The van der Waals surface area contributed by atoms with E-state index in [0.717, 1.165) is 12.8 Å². The van der Waals surface area contributed by atoms with Gasteiger partial charge in [0.2, 0.25) is 0 Å². The summed E-state index contributed by atoms with van der Waals surface area (Å²) >= 11 is 2.24. The number of urea groups is 1. The Morgan fingerprint density at radius 2 is 1.61 bits per heavy atom. The molecule has 8 nitrogen and oxygen atoms in total. The molecule has 1 atom stereocenters. The van der Waals surface area contributed by atoms with Crippen molar-refractivity contribution in [3.8, 4) is 0 Å². The average molecular weight is 504 g/mol. The van der Waals surface area contributed by atoms with Crippen molar-refractivity contribution in [2.24, 2.45) is 0 Å². The first-order valence-corrected chi connectivity index (χ1v) is 10.1. The molecule has 0 aliphatic heterocycles. The fourth-order valence-electron chi connectivity index (χ4n) is 2.49. The van der Waals surface area contributed by atoms with Crippen molar-refractivity contribution in [3.63, 3.8) is 0 Å². The van der Waals surface area contributed by atoms with Gasteiger partial charge in [-0.25, -0.2) is 9.59 Å². The molecule has 1 aromatic carbocycles. The van der Waals surface area contributed by atoms with E-state index in [1.807, 2.05) is 12.1 Å². The van der Waals surface area contributed by atoms with E-state index < -0.39 is 24.0 Å². The third-order valence-electron chi connectivity index (χ3n) is 4.00. The molecule has 154 valence electrons. The van der Waals surface area contributed by atoms with Gasteiger partial charge in [0.25, 0.3) is 0 Å². The zero-order valence-electron chi connectivity index (χ0n) is 15.4. The number of carboxylic acid groups (broad SMARTS) is 2. The van der Waals surface area contributed by atoms with E-state index in [-0.39, 0.29) is 25.2 Å². The van der Waals surface area contributed by atoms with Gasteiger partial charge in [-0.05, 0) is 66.0 Å². The van der Waals surface area contributed by atoms with Crippen LogP contribution < -0.4 is 10.6 Å². The second kappa shape index (κ2) is 13.1. The third kappa shape index (κ3) is 10.9. The zero-order valence-corrected chi connectivity index (χ0v) is 17.6. The highest BCUT2D eigenvalue weighted by Gasteiger charge is 2.20. The lowest BCUT2D eigenvalue weighted by molar-refractivity contribution is -0.140. The fourth-order valence-corrected chi connectivity index (χ4v) is 2.85. The van der Waals surface area contributed by atoms with Crippen molar-refractivity contribution in [3.05, 3.63) is 33.4 Å². The van der Waals surface area contributed by atoms with Gasteiger partial charge in [0, 0.05) is 29.4 Å². The van der Waals surface area contributed by atoms with Crippen LogP contribution in [0, 0.1) is 3.57 Å². The first-order chi connectivity index (χ1) is 13.3. The second-order valence-electron chi connectivity index (χ2n) is 6.35. The summed E-state index contributed by atoms with van der Waals surface area (Å²) in [5.74, 6) is -2.30. The van der Waals surface area contributed by atoms with Gasteiger partial charge >= 0.3 is 18.0 Å². The Bertz CT molecular complexity index is 678. The summed E-state index contributed by atoms with van der Waals surface area (Å²) in [5, 5.41) is 22.3. The molecule has 4 N–H and O–H groups in total. The number of rotatable bonds is 13. The van der Waals surface area contributed by atoms with Crippen molar-refractivity contribution >= 4 is 46.3 Å². The van der Waals surface area contributed by atoms with Crippen molar-refractivity contribution in [1.29, 1.82) is 0 Å². The molecular formula is C19H25IN2O6. The van der Waals surface area contributed by atoms with Gasteiger partial charge in [0.15, 0.2) is 0 Å². The number of ketones is 1. The van der Waals surface area contributed by atoms with Gasteiger partial charge in [0.1, 0.15) is 11.8 Å². The number of carbonyl (C=O) groups is 4. The smallest absolute Gasteiger partial charge is 0.326 e. The van der Waals surface area contributed by atoms with E-state index in [2.05, 4.69) is 45.4 Å². The van der Waals surface area contributed by atoms with Crippen LogP contribution in [0.4, 0.5) is 4.79 Å². The molecule has 0 aliphatic carbocycles. The Hall–Kier alpha value is -2.17. The maximum absolute atomic E-state index is 11.9. The molecule has 28 heavy (non-hydrogen) atoms. The van der Waals surface area contributed by atoms with Crippen LogP contribution in [-0.4, -0.2) is 46.6 Å². The lowest BCUT2D eigenvalue weighted by Gasteiger charge is -2.14. The van der Waals surface area contributed by atoms with E-state index in [0.29, 0.717) is 19.3 Å². The van der Waals surface area contributed by atoms with E-state index in [1.54, 1.807) is 0 Å². The SMILES string of the molecule is O=C(O)CC[C@H](NC(=O)NCCCC(=O)CCCc1ccc(I)cc1)C(=O)O. The third-order valence-corrected chi connectivity index (χ3v) is 4.72. The molecule has 2 amide bonds. The number of benzene rings is 1. The highest BCUT2D eigenvalue weighted by molar-refractivity contribution is 14.1. The molecule has 9 heteroatoms. The number of carboxylic acids is 2. The number of aliphatic carboxylic acids is 2. The van der Waals surface area contributed by atoms with Crippen LogP contribution in [-0.2, 0) is 20.8 Å². The van der Waals surface area contributed by atoms with Crippen LogP contribution in [0.2, 0.25) is 0 Å². The summed E-state index contributed by atoms with van der Waals surface area (Å²) < 4.78 is 1.17. The van der Waals surface area contributed by atoms with Gasteiger partial charge in [-0.3, -0.25) is 9.59 Å². The Kier molecular flexibility index (Phi) is 11.2. The van der Waals surface area contributed by atoms with E-state index in [9.17, 15) is 19.2 Å². The van der Waals surface area contributed by atoms with Crippen LogP contribution in [0.5, 0.6) is 0 Å². The first-order valence-electron chi connectivity index (χ1n) is 9.03. The summed E-state index contributed by atoms with van der Waals surface area (Å²) in [6.07, 6.45) is 2.35. The first kappa shape index (κ1) is 23.9. The average Bonchev–Trinajstić information content (AvgIpc) is 2.63. The Labute approximate surface area is 177 Å². The van der Waals surface area contributed by atoms with E-state index in [1.165, 1.54) is 9.13 Å². The van der Waals surface area contributed by atoms with Crippen molar-refractivity contribution in [1.82, 2.24) is 10.6 Å². The monoisotopic (exact) mass is 504 g/mol. The molecule has 1 rings (SSSR count). The fraction of sp³-hybridized carbons (Fsp3) is 0.474. The quantitative estimate of drug-likeness (QED) is 0.241. The number of Topliss-reactive ketones (excluding diaryl/α,β-unsaturated/α-hetero) is 1. The van der Waals surface area contributed by atoms with E-state index in [4.69, 9.17) is 10.2 Å². The normalized spacial score (nSPS) is 11.5. The highest BCUT2D eigenvalue weighted by atomic mass is 127. The summed E-state index contributed by atoms with van der Waals surface area (Å²) in [4.78, 5) is 45.1. The minimum Gasteiger partial charge on any atom is -0.481 e. The lowest BCUT2D eigenvalue weighted by Crippen LogP contribution is -2.46. The number of aryl methyl sites for hydroxylation is 1. The van der Waals surface area contributed by atoms with Crippen molar-refractivity contribution in [2.45, 2.75) is 51.0 Å². The van der Waals surface area contributed by atoms with Gasteiger partial charge in [0.05, 0.1) is 0 Å². The highest BCUT2D eigenvalue weighted by Crippen LogP contribution is 2.10. The number of hydrogen-bond donors (Lipinski definition) is 4. The molecule has 0 aliphatic rings. The molecule has 1 aromatic rings. The van der Waals surface area contributed by atoms with Crippen molar-refractivity contribution < 1.29 is 29.4 Å². The Balaban J connectivity index is 2.16. The number of hydrogen-bond acceptors (Lipinski definition) is 4. The maximum Gasteiger partial charge on any atom is 0.326 e. The maximum atomic E-state index is 11.9. The van der Waals surface area contributed by atoms with Gasteiger partial charge in [-0.2, -0.15) is 0 Å². The predicted molar refractivity (Wildman–Crippen MR) is 111 cm³/mol. The van der Waals surface area contributed by atoms with Gasteiger partial charge in [-0.1, -0.05) is 12.1 Å². The summed E-state index contributed by atoms with van der Waals surface area (Å²) in [6, 6.07) is 6.21. The zero-order chi connectivity index (χ0) is 20.9. The predicted octanol–water partition coefficient (Wildman–Crippen LogP) is 2.58.